The molecule has 1 saturated carbocycles. The summed E-state index contributed by atoms with van der Waals surface area (Å²) in [6.07, 6.45) is 3.90. The predicted molar refractivity (Wildman–Crippen MR) is 121 cm³/mol. The van der Waals surface area contributed by atoms with E-state index in [1.165, 1.54) is 17.3 Å². The lowest BCUT2D eigenvalue weighted by molar-refractivity contribution is -0.136. The molecule has 166 valence electrons. The van der Waals surface area contributed by atoms with E-state index in [9.17, 15) is 14.9 Å². The number of nitrogens with zero attached hydrogens (tertiary/aromatic N) is 4. The van der Waals surface area contributed by atoms with Gasteiger partial charge in [0.25, 0.3) is 5.91 Å². The Kier molecular flexibility index (Phi) is 7.08. The molecule has 1 aromatic carbocycles. The Balaban J connectivity index is 1.32. The van der Waals surface area contributed by atoms with Crippen LogP contribution in [-0.2, 0) is 16.1 Å². The van der Waals surface area contributed by atoms with Crippen molar-refractivity contribution in [2.75, 3.05) is 39.0 Å². The predicted octanol–water partition coefficient (Wildman–Crippen LogP) is 3.05. The van der Waals surface area contributed by atoms with Crippen molar-refractivity contribution in [3.63, 3.8) is 0 Å². The van der Waals surface area contributed by atoms with E-state index in [2.05, 4.69) is 28.1 Å². The number of pyridine rings is 1. The van der Waals surface area contributed by atoms with Gasteiger partial charge in [-0.1, -0.05) is 30.3 Å². The fourth-order valence-corrected chi connectivity index (χ4v) is 4.40. The van der Waals surface area contributed by atoms with Gasteiger partial charge in [-0.05, 0) is 30.7 Å². The fourth-order valence-electron chi connectivity index (χ4n) is 3.84. The number of carbonyl (C=O) groups excluding carboxylic acids is 2. The lowest BCUT2D eigenvalue weighted by atomic mass is 10.1. The zero-order chi connectivity index (χ0) is 22.5. The average Bonchev–Trinajstić information content (AvgIpc) is 3.68. The van der Waals surface area contributed by atoms with E-state index in [-0.39, 0.29) is 23.6 Å². The summed E-state index contributed by atoms with van der Waals surface area (Å²) in [5.41, 5.74) is 2.49. The maximum atomic E-state index is 12.7. The number of nitriles is 1. The Morgan fingerprint density at radius 1 is 1.19 bits per heavy atom. The number of aromatic nitrogens is 1. The van der Waals surface area contributed by atoms with Crippen molar-refractivity contribution in [1.82, 2.24) is 14.8 Å². The van der Waals surface area contributed by atoms with Gasteiger partial charge in [0.05, 0.1) is 11.1 Å². The summed E-state index contributed by atoms with van der Waals surface area (Å²) in [6, 6.07) is 14.0. The van der Waals surface area contributed by atoms with Crippen LogP contribution in [0.3, 0.4) is 0 Å². The van der Waals surface area contributed by atoms with Gasteiger partial charge in [-0.15, -0.1) is 11.8 Å². The molecule has 7 nitrogen and oxygen atoms in total. The second-order valence-corrected chi connectivity index (χ2v) is 8.88. The van der Waals surface area contributed by atoms with Crippen LogP contribution in [0.2, 0.25) is 0 Å². The first kappa shape index (κ1) is 22.3. The van der Waals surface area contributed by atoms with Gasteiger partial charge in [0, 0.05) is 44.3 Å². The van der Waals surface area contributed by atoms with E-state index in [1.807, 2.05) is 24.5 Å². The van der Waals surface area contributed by atoms with Crippen molar-refractivity contribution >= 4 is 23.6 Å². The summed E-state index contributed by atoms with van der Waals surface area (Å²) < 4.78 is 5.33. The molecule has 1 aliphatic heterocycles. The number of esters is 1. The Labute approximate surface area is 192 Å². The zero-order valence-corrected chi connectivity index (χ0v) is 18.9. The monoisotopic (exact) mass is 450 g/mol. The number of hydrogen-bond donors (Lipinski definition) is 0. The number of benzene rings is 1. The molecule has 0 N–H and O–H groups in total. The van der Waals surface area contributed by atoms with Crippen LogP contribution in [0.15, 0.2) is 41.4 Å². The molecule has 2 heterocycles. The van der Waals surface area contributed by atoms with E-state index < -0.39 is 5.97 Å². The minimum Gasteiger partial charge on any atom is -0.452 e. The number of carbonyl (C=O) groups is 2. The molecule has 0 radical (unpaired) electrons. The van der Waals surface area contributed by atoms with Crippen LogP contribution in [0.4, 0.5) is 0 Å². The topological polar surface area (TPSA) is 86.5 Å². The number of ether oxygens (including phenoxy) is 1. The maximum Gasteiger partial charge on any atom is 0.340 e. The standard InChI is InChI=1S/C24H26N4O3S/c1-32-23-20(14-25)19(13-21(26-23)18-7-8-18)24(30)31-16-22(29)28-11-9-27(10-12-28)15-17-5-3-2-4-6-17/h2-6,13,18H,7-12,15-16H2,1H3. The zero-order valence-electron chi connectivity index (χ0n) is 18.1. The molecule has 1 aliphatic carbocycles. The quantitative estimate of drug-likeness (QED) is 0.473. The van der Waals surface area contributed by atoms with Gasteiger partial charge in [-0.2, -0.15) is 5.26 Å². The third-order valence-electron chi connectivity index (χ3n) is 5.83. The smallest absolute Gasteiger partial charge is 0.340 e. The lowest BCUT2D eigenvalue weighted by Crippen LogP contribution is -2.49. The molecule has 0 spiro atoms. The first-order valence-electron chi connectivity index (χ1n) is 10.8. The SMILES string of the molecule is CSc1nc(C2CC2)cc(C(=O)OCC(=O)N2CCN(Cc3ccccc3)CC2)c1C#N. The largest absolute Gasteiger partial charge is 0.452 e. The Bertz CT molecular complexity index is 1030. The van der Waals surface area contributed by atoms with Gasteiger partial charge in [0.2, 0.25) is 0 Å². The number of piperazine rings is 1. The molecule has 2 aliphatic rings. The van der Waals surface area contributed by atoms with Crippen molar-refractivity contribution in [3.8, 4) is 6.07 Å². The van der Waals surface area contributed by atoms with Gasteiger partial charge in [-0.25, -0.2) is 9.78 Å². The van der Waals surface area contributed by atoms with Gasteiger partial charge in [-0.3, -0.25) is 9.69 Å². The molecule has 32 heavy (non-hydrogen) atoms. The first-order chi connectivity index (χ1) is 15.6. The molecular weight excluding hydrogens is 424 g/mol. The number of hydrogen-bond acceptors (Lipinski definition) is 7. The molecule has 2 fully saturated rings. The molecule has 4 rings (SSSR count). The Hall–Kier alpha value is -2.89. The normalized spacial score (nSPS) is 16.4. The van der Waals surface area contributed by atoms with Crippen LogP contribution in [0.1, 0.15) is 45.9 Å². The molecule has 1 aromatic heterocycles. The summed E-state index contributed by atoms with van der Waals surface area (Å²) in [6.45, 7) is 3.30. The molecule has 0 unspecified atom stereocenters. The summed E-state index contributed by atoms with van der Waals surface area (Å²) in [5, 5.41) is 10.1. The van der Waals surface area contributed by atoms with Crippen LogP contribution < -0.4 is 0 Å². The van der Waals surface area contributed by atoms with Crippen molar-refractivity contribution in [2.24, 2.45) is 0 Å². The highest BCUT2D eigenvalue weighted by molar-refractivity contribution is 7.98. The van der Waals surface area contributed by atoms with Crippen molar-refractivity contribution in [2.45, 2.75) is 30.3 Å². The third kappa shape index (κ3) is 5.29. The molecule has 1 saturated heterocycles. The van der Waals surface area contributed by atoms with Crippen molar-refractivity contribution in [3.05, 3.63) is 58.8 Å². The van der Waals surface area contributed by atoms with Crippen molar-refractivity contribution < 1.29 is 14.3 Å². The Morgan fingerprint density at radius 3 is 2.53 bits per heavy atom. The molecule has 0 bridgehead atoms. The van der Waals surface area contributed by atoms with E-state index in [4.69, 9.17) is 4.74 Å². The van der Waals surface area contributed by atoms with E-state index in [1.54, 1.807) is 11.0 Å². The van der Waals surface area contributed by atoms with Gasteiger partial charge in [0.1, 0.15) is 11.1 Å². The highest BCUT2D eigenvalue weighted by Gasteiger charge is 2.29. The van der Waals surface area contributed by atoms with Crippen LogP contribution >= 0.6 is 11.8 Å². The van der Waals surface area contributed by atoms with E-state index in [0.717, 1.165) is 38.2 Å². The summed E-state index contributed by atoms with van der Waals surface area (Å²) in [7, 11) is 0. The number of rotatable bonds is 7. The highest BCUT2D eigenvalue weighted by Crippen LogP contribution is 2.40. The molecule has 2 aromatic rings. The Morgan fingerprint density at radius 2 is 1.91 bits per heavy atom. The van der Waals surface area contributed by atoms with Crippen LogP contribution in [0, 0.1) is 11.3 Å². The number of amides is 1. The van der Waals surface area contributed by atoms with Gasteiger partial charge < -0.3 is 9.64 Å². The first-order valence-corrected chi connectivity index (χ1v) is 12.0. The van der Waals surface area contributed by atoms with Gasteiger partial charge in [0.15, 0.2) is 6.61 Å². The maximum absolute atomic E-state index is 12.7. The molecule has 1 amide bonds. The van der Waals surface area contributed by atoms with E-state index in [0.29, 0.717) is 24.0 Å². The lowest BCUT2D eigenvalue weighted by Gasteiger charge is -2.34. The molecule has 0 atom stereocenters. The fraction of sp³-hybridized carbons (Fsp3) is 0.417. The average molecular weight is 451 g/mol. The minimum atomic E-state index is -0.641. The van der Waals surface area contributed by atoms with Crippen LogP contribution in [-0.4, -0.2) is 65.7 Å². The highest BCUT2D eigenvalue weighted by atomic mass is 32.2. The van der Waals surface area contributed by atoms with E-state index >= 15 is 0 Å². The minimum absolute atomic E-state index is 0.203. The third-order valence-corrected chi connectivity index (χ3v) is 6.51. The van der Waals surface area contributed by atoms with Gasteiger partial charge >= 0.3 is 5.97 Å². The second-order valence-electron chi connectivity index (χ2n) is 8.08. The molecular formula is C24H26N4O3S. The second kappa shape index (κ2) is 10.2. The number of thioether (sulfide) groups is 1. The summed E-state index contributed by atoms with van der Waals surface area (Å²) in [4.78, 5) is 33.9. The van der Waals surface area contributed by atoms with Crippen LogP contribution in [0.25, 0.3) is 0 Å². The van der Waals surface area contributed by atoms with Crippen molar-refractivity contribution in [1.29, 1.82) is 5.26 Å². The summed E-state index contributed by atoms with van der Waals surface area (Å²) in [5.74, 6) is -0.510. The van der Waals surface area contributed by atoms with Crippen LogP contribution in [0.5, 0.6) is 0 Å². The summed E-state index contributed by atoms with van der Waals surface area (Å²) >= 11 is 1.34. The molecule has 8 heteroatoms.